The van der Waals surface area contributed by atoms with E-state index in [1.54, 1.807) is 0 Å². The standard InChI is InChI=1S/C13H27N3O.ClH/c1-4-11(2)15-13(17)10-16(3)12-6-5-8-14-9-7-12;/h11-12,14H,4-10H2,1-3H3,(H,15,17);1H. The summed E-state index contributed by atoms with van der Waals surface area (Å²) in [7, 11) is 2.06. The van der Waals surface area contributed by atoms with E-state index in [-0.39, 0.29) is 24.4 Å². The Balaban J connectivity index is 0.00000289. The van der Waals surface area contributed by atoms with E-state index in [1.807, 2.05) is 6.92 Å². The van der Waals surface area contributed by atoms with Gasteiger partial charge in [0.25, 0.3) is 0 Å². The van der Waals surface area contributed by atoms with Crippen LogP contribution < -0.4 is 10.6 Å². The van der Waals surface area contributed by atoms with Crippen molar-refractivity contribution >= 4 is 18.3 Å². The molecule has 1 fully saturated rings. The predicted molar refractivity (Wildman–Crippen MR) is 78.3 cm³/mol. The second-order valence-corrected chi connectivity index (χ2v) is 5.13. The predicted octanol–water partition coefficient (Wildman–Crippen LogP) is 1.40. The monoisotopic (exact) mass is 277 g/mol. The Hall–Kier alpha value is -0.320. The molecular weight excluding hydrogens is 250 g/mol. The number of carbonyl (C=O) groups is 1. The van der Waals surface area contributed by atoms with E-state index >= 15 is 0 Å². The van der Waals surface area contributed by atoms with Crippen LogP contribution >= 0.6 is 12.4 Å². The molecule has 0 bridgehead atoms. The fourth-order valence-electron chi connectivity index (χ4n) is 2.22. The Labute approximate surface area is 117 Å². The summed E-state index contributed by atoms with van der Waals surface area (Å²) in [6, 6.07) is 0.833. The average Bonchev–Trinajstić information content (AvgIpc) is 2.57. The lowest BCUT2D eigenvalue weighted by molar-refractivity contribution is -0.123. The van der Waals surface area contributed by atoms with Crippen molar-refractivity contribution < 1.29 is 4.79 Å². The maximum atomic E-state index is 11.8. The number of rotatable bonds is 5. The second-order valence-electron chi connectivity index (χ2n) is 5.13. The van der Waals surface area contributed by atoms with Crippen molar-refractivity contribution in [2.45, 2.75) is 51.6 Å². The van der Waals surface area contributed by atoms with Gasteiger partial charge in [0.05, 0.1) is 6.54 Å². The van der Waals surface area contributed by atoms with Crippen LogP contribution in [0.3, 0.4) is 0 Å². The number of hydrogen-bond acceptors (Lipinski definition) is 3. The summed E-state index contributed by atoms with van der Waals surface area (Å²) in [5.41, 5.74) is 0. The number of likely N-dealkylation sites (N-methyl/N-ethyl adjacent to an activating group) is 1. The van der Waals surface area contributed by atoms with Crippen LogP contribution in [0, 0.1) is 0 Å². The molecule has 0 aromatic heterocycles. The lowest BCUT2D eigenvalue weighted by Gasteiger charge is -2.26. The third-order valence-electron chi connectivity index (χ3n) is 3.58. The molecule has 1 saturated heterocycles. The zero-order chi connectivity index (χ0) is 12.7. The molecule has 2 atom stereocenters. The largest absolute Gasteiger partial charge is 0.353 e. The first kappa shape index (κ1) is 17.7. The highest BCUT2D eigenvalue weighted by molar-refractivity contribution is 5.85. The molecule has 0 saturated carbocycles. The van der Waals surface area contributed by atoms with E-state index in [1.165, 1.54) is 12.8 Å². The first-order valence-corrected chi connectivity index (χ1v) is 6.83. The van der Waals surface area contributed by atoms with Crippen LogP contribution in [-0.2, 0) is 4.79 Å². The molecule has 1 aliphatic heterocycles. The smallest absolute Gasteiger partial charge is 0.234 e. The second kappa shape index (κ2) is 9.59. The first-order valence-electron chi connectivity index (χ1n) is 6.83. The molecule has 0 spiro atoms. The number of halogens is 1. The van der Waals surface area contributed by atoms with E-state index in [2.05, 4.69) is 29.5 Å². The zero-order valence-corrected chi connectivity index (χ0v) is 12.7. The van der Waals surface area contributed by atoms with Crippen LogP contribution in [0.5, 0.6) is 0 Å². The molecule has 18 heavy (non-hydrogen) atoms. The Morgan fingerprint density at radius 1 is 1.44 bits per heavy atom. The summed E-state index contributed by atoms with van der Waals surface area (Å²) < 4.78 is 0. The fourth-order valence-corrected chi connectivity index (χ4v) is 2.22. The summed E-state index contributed by atoms with van der Waals surface area (Å²) in [5.74, 6) is 0.152. The van der Waals surface area contributed by atoms with Crippen molar-refractivity contribution in [3.05, 3.63) is 0 Å². The quantitative estimate of drug-likeness (QED) is 0.798. The van der Waals surface area contributed by atoms with Crippen LogP contribution in [0.1, 0.15) is 39.5 Å². The Kier molecular flexibility index (Phi) is 9.42. The summed E-state index contributed by atoms with van der Waals surface area (Å²) in [4.78, 5) is 14.0. The topological polar surface area (TPSA) is 44.4 Å². The average molecular weight is 278 g/mol. The van der Waals surface area contributed by atoms with Crippen LogP contribution in [-0.4, -0.2) is 49.6 Å². The highest BCUT2D eigenvalue weighted by Gasteiger charge is 2.19. The van der Waals surface area contributed by atoms with Gasteiger partial charge < -0.3 is 10.6 Å². The van der Waals surface area contributed by atoms with Gasteiger partial charge in [-0.05, 0) is 52.7 Å². The first-order chi connectivity index (χ1) is 8.13. The van der Waals surface area contributed by atoms with Crippen LogP contribution in [0.25, 0.3) is 0 Å². The Morgan fingerprint density at radius 3 is 2.83 bits per heavy atom. The molecule has 0 aliphatic carbocycles. The van der Waals surface area contributed by atoms with E-state index in [0.29, 0.717) is 12.6 Å². The molecule has 2 unspecified atom stereocenters. The van der Waals surface area contributed by atoms with Crippen molar-refractivity contribution in [3.63, 3.8) is 0 Å². The van der Waals surface area contributed by atoms with Gasteiger partial charge in [0.15, 0.2) is 0 Å². The molecule has 1 aliphatic rings. The molecule has 5 heteroatoms. The van der Waals surface area contributed by atoms with E-state index in [0.717, 1.165) is 25.9 Å². The maximum absolute atomic E-state index is 11.8. The fraction of sp³-hybridized carbons (Fsp3) is 0.923. The van der Waals surface area contributed by atoms with Gasteiger partial charge in [-0.1, -0.05) is 6.92 Å². The van der Waals surface area contributed by atoms with E-state index in [9.17, 15) is 4.79 Å². The molecule has 1 heterocycles. The normalized spacial score (nSPS) is 21.9. The van der Waals surface area contributed by atoms with E-state index < -0.39 is 0 Å². The van der Waals surface area contributed by atoms with Crippen molar-refractivity contribution in [2.24, 2.45) is 0 Å². The van der Waals surface area contributed by atoms with Gasteiger partial charge in [-0.3, -0.25) is 9.69 Å². The Morgan fingerprint density at radius 2 is 2.17 bits per heavy atom. The van der Waals surface area contributed by atoms with Crippen LogP contribution in [0.15, 0.2) is 0 Å². The summed E-state index contributed by atoms with van der Waals surface area (Å²) in [6.45, 7) is 6.85. The van der Waals surface area contributed by atoms with Crippen molar-refractivity contribution in [1.29, 1.82) is 0 Å². The molecule has 1 rings (SSSR count). The van der Waals surface area contributed by atoms with Crippen LogP contribution in [0.2, 0.25) is 0 Å². The SMILES string of the molecule is CCC(C)NC(=O)CN(C)C1CCCNCC1.Cl. The third-order valence-corrected chi connectivity index (χ3v) is 3.58. The van der Waals surface area contributed by atoms with Gasteiger partial charge in [-0.25, -0.2) is 0 Å². The van der Waals surface area contributed by atoms with Crippen molar-refractivity contribution in [3.8, 4) is 0 Å². The lowest BCUT2D eigenvalue weighted by Crippen LogP contribution is -2.43. The van der Waals surface area contributed by atoms with Gasteiger partial charge in [0, 0.05) is 12.1 Å². The minimum absolute atomic E-state index is 0. The lowest BCUT2D eigenvalue weighted by atomic mass is 10.1. The molecule has 4 nitrogen and oxygen atoms in total. The summed E-state index contributed by atoms with van der Waals surface area (Å²) in [5, 5.41) is 6.42. The molecule has 2 N–H and O–H groups in total. The number of amides is 1. The number of nitrogens with one attached hydrogen (secondary N) is 2. The molecule has 108 valence electrons. The third kappa shape index (κ3) is 6.57. The number of carbonyl (C=O) groups excluding carboxylic acids is 1. The number of hydrogen-bond donors (Lipinski definition) is 2. The summed E-state index contributed by atoms with van der Waals surface area (Å²) in [6.07, 6.45) is 4.54. The van der Waals surface area contributed by atoms with Gasteiger partial charge in [-0.15, -0.1) is 12.4 Å². The van der Waals surface area contributed by atoms with Crippen LogP contribution in [0.4, 0.5) is 0 Å². The maximum Gasteiger partial charge on any atom is 0.234 e. The molecule has 0 aromatic carbocycles. The number of nitrogens with zero attached hydrogens (tertiary/aromatic N) is 1. The van der Waals surface area contributed by atoms with Crippen molar-refractivity contribution in [1.82, 2.24) is 15.5 Å². The minimum atomic E-state index is 0. The highest BCUT2D eigenvalue weighted by atomic mass is 35.5. The van der Waals surface area contributed by atoms with E-state index in [4.69, 9.17) is 0 Å². The van der Waals surface area contributed by atoms with Gasteiger partial charge in [-0.2, -0.15) is 0 Å². The molecular formula is C13H28ClN3O. The minimum Gasteiger partial charge on any atom is -0.353 e. The summed E-state index contributed by atoms with van der Waals surface area (Å²) >= 11 is 0. The van der Waals surface area contributed by atoms with Gasteiger partial charge in [0.2, 0.25) is 5.91 Å². The van der Waals surface area contributed by atoms with Crippen molar-refractivity contribution in [2.75, 3.05) is 26.7 Å². The molecule has 1 amide bonds. The molecule has 0 radical (unpaired) electrons. The Bertz CT molecular complexity index is 230. The van der Waals surface area contributed by atoms with Gasteiger partial charge in [0.1, 0.15) is 0 Å². The van der Waals surface area contributed by atoms with Gasteiger partial charge >= 0.3 is 0 Å². The zero-order valence-electron chi connectivity index (χ0n) is 11.9. The molecule has 0 aromatic rings. The highest BCUT2D eigenvalue weighted by Crippen LogP contribution is 2.11.